The van der Waals surface area contributed by atoms with Crippen molar-refractivity contribution in [1.29, 1.82) is 0 Å². The van der Waals surface area contributed by atoms with Crippen LogP contribution in [-0.4, -0.2) is 0 Å². The summed E-state index contributed by atoms with van der Waals surface area (Å²) in [5.74, 6) is 0. The summed E-state index contributed by atoms with van der Waals surface area (Å²) in [7, 11) is 0. The minimum Gasteiger partial charge on any atom is -0.0616 e. The second-order valence-corrected chi connectivity index (χ2v) is 16.0. The number of fused-ring (bicyclic) bond motifs is 2. The molecule has 0 heteroatoms. The quantitative estimate of drug-likeness (QED) is 0.158. The molecule has 0 aliphatic rings. The van der Waals surface area contributed by atoms with Gasteiger partial charge in [0.25, 0.3) is 0 Å². The van der Waals surface area contributed by atoms with E-state index in [1.165, 1.54) is 131 Å². The third-order valence-corrected chi connectivity index (χ3v) is 12.9. The molecule has 58 heavy (non-hydrogen) atoms. The summed E-state index contributed by atoms with van der Waals surface area (Å²) < 4.78 is 0. The van der Waals surface area contributed by atoms with Gasteiger partial charge in [-0.25, -0.2) is 0 Å². The number of hydrogen-bond acceptors (Lipinski definition) is 0. The molecule has 266 valence electrons. The number of rotatable bonds is 4. The lowest BCUT2D eigenvalue weighted by Gasteiger charge is -2.20. The molecule has 0 saturated heterocycles. The van der Waals surface area contributed by atoms with Crippen molar-refractivity contribution < 1.29 is 0 Å². The Morgan fingerprint density at radius 2 is 0.569 bits per heavy atom. The van der Waals surface area contributed by atoms with E-state index in [9.17, 15) is 0 Å². The fraction of sp³-hybridized carbons (Fsp3) is 0. The van der Waals surface area contributed by atoms with Crippen molar-refractivity contribution in [3.8, 4) is 44.5 Å². The van der Waals surface area contributed by atoms with Crippen molar-refractivity contribution in [2.75, 3.05) is 0 Å². The minimum atomic E-state index is 1.20. The molecule has 0 atom stereocenters. The lowest BCUT2D eigenvalue weighted by molar-refractivity contribution is 1.59. The highest BCUT2D eigenvalue weighted by Crippen LogP contribution is 2.47. The molecule has 0 amide bonds. The van der Waals surface area contributed by atoms with Gasteiger partial charge in [-0.2, -0.15) is 0 Å². The maximum Gasteiger partial charge on any atom is -0.00206 e. The van der Waals surface area contributed by atoms with Crippen molar-refractivity contribution in [2.45, 2.75) is 0 Å². The largest absolute Gasteiger partial charge is 0.0616 e. The Hall–Kier alpha value is -7.54. The summed E-state index contributed by atoms with van der Waals surface area (Å²) in [5, 5.41) is 20.6. The topological polar surface area (TPSA) is 0 Å². The van der Waals surface area contributed by atoms with Gasteiger partial charge >= 0.3 is 0 Å². The molecule has 13 rings (SSSR count). The third-order valence-electron chi connectivity index (χ3n) is 12.9. The van der Waals surface area contributed by atoms with Gasteiger partial charge in [0.2, 0.25) is 0 Å². The van der Waals surface area contributed by atoms with Crippen molar-refractivity contribution in [3.05, 3.63) is 206 Å². The molecule has 0 nitrogen and oxygen atoms in total. The Morgan fingerprint density at radius 3 is 1.19 bits per heavy atom. The van der Waals surface area contributed by atoms with Crippen LogP contribution in [0.4, 0.5) is 0 Å². The average molecular weight is 731 g/mol. The fourth-order valence-corrected chi connectivity index (χ4v) is 10.3. The summed E-state index contributed by atoms with van der Waals surface area (Å²) in [6.07, 6.45) is 0. The molecule has 0 unspecified atom stereocenters. The van der Waals surface area contributed by atoms with E-state index in [0.29, 0.717) is 0 Å². The third kappa shape index (κ3) is 4.52. The van der Waals surface area contributed by atoms with Crippen molar-refractivity contribution in [3.63, 3.8) is 0 Å². The molecule has 0 radical (unpaired) electrons. The molecular weight excluding hydrogens is 697 g/mol. The predicted octanol–water partition coefficient (Wildman–Crippen LogP) is 16.5. The van der Waals surface area contributed by atoms with E-state index in [0.717, 1.165) is 0 Å². The molecule has 0 N–H and O–H groups in total. The first-order valence-electron chi connectivity index (χ1n) is 20.2. The van der Waals surface area contributed by atoms with Crippen LogP contribution in [0.25, 0.3) is 131 Å². The van der Waals surface area contributed by atoms with E-state index in [2.05, 4.69) is 206 Å². The highest BCUT2D eigenvalue weighted by Gasteiger charge is 2.20. The smallest absolute Gasteiger partial charge is 0.00206 e. The van der Waals surface area contributed by atoms with Crippen LogP contribution >= 0.6 is 0 Å². The van der Waals surface area contributed by atoms with Crippen LogP contribution in [-0.2, 0) is 0 Å². The standard InChI is InChI=1S/C58H34/c1-2-10-43-33-54(49-28-23-41-21-19-37-13-6-15-39-25-31-51(49)58(41)56(37)39)52(32-42(43)9-1)44-26-29-48(53(34-44)46-17-7-11-35-8-3-4-16-45(35)46)47-27-22-40-20-18-36-12-5-14-38-24-30-50(47)57(40)55(36)38/h1-34H. The molecular formula is C58H34. The molecule has 0 fully saturated rings. The fourth-order valence-electron chi connectivity index (χ4n) is 10.3. The normalized spacial score (nSPS) is 12.1. The SMILES string of the molecule is c1ccc2cc(-c3ccc4ccc5cccc6ccc3c4c56)c(-c3ccc(-c4ccc5ccc6cccc7ccc4c5c67)c(-c4cccc5ccccc45)c3)cc2c1. The maximum absolute atomic E-state index is 2.47. The van der Waals surface area contributed by atoms with Crippen LogP contribution in [0.1, 0.15) is 0 Å². The molecule has 0 saturated carbocycles. The minimum absolute atomic E-state index is 1.20. The molecule has 0 heterocycles. The van der Waals surface area contributed by atoms with Crippen LogP contribution in [0.15, 0.2) is 206 Å². The monoisotopic (exact) mass is 730 g/mol. The van der Waals surface area contributed by atoms with E-state index in [1.54, 1.807) is 0 Å². The summed E-state index contributed by atoms with van der Waals surface area (Å²) >= 11 is 0. The van der Waals surface area contributed by atoms with Gasteiger partial charge < -0.3 is 0 Å². The van der Waals surface area contributed by atoms with Gasteiger partial charge in [-0.05, 0) is 149 Å². The molecule has 13 aromatic rings. The number of benzene rings is 13. The Balaban J connectivity index is 1.12. The Bertz CT molecular complexity index is 3750. The Kier molecular flexibility index (Phi) is 6.54. The van der Waals surface area contributed by atoms with Crippen LogP contribution in [0.3, 0.4) is 0 Å². The second kappa shape index (κ2) is 12.0. The van der Waals surface area contributed by atoms with Crippen LogP contribution < -0.4 is 0 Å². The predicted molar refractivity (Wildman–Crippen MR) is 251 cm³/mol. The van der Waals surface area contributed by atoms with Gasteiger partial charge in [0.15, 0.2) is 0 Å². The molecule has 0 aliphatic heterocycles. The molecule has 0 aliphatic carbocycles. The first kappa shape index (κ1) is 31.6. The van der Waals surface area contributed by atoms with Crippen molar-refractivity contribution >= 4 is 86.2 Å². The van der Waals surface area contributed by atoms with E-state index in [4.69, 9.17) is 0 Å². The summed E-state index contributed by atoms with van der Waals surface area (Å²) in [6.45, 7) is 0. The Morgan fingerprint density at radius 1 is 0.172 bits per heavy atom. The van der Waals surface area contributed by atoms with Crippen LogP contribution in [0.5, 0.6) is 0 Å². The summed E-state index contributed by atoms with van der Waals surface area (Å²) in [4.78, 5) is 0. The van der Waals surface area contributed by atoms with E-state index in [-0.39, 0.29) is 0 Å². The van der Waals surface area contributed by atoms with E-state index in [1.807, 2.05) is 0 Å². The lowest BCUT2D eigenvalue weighted by atomic mass is 9.83. The molecule has 0 aromatic heterocycles. The van der Waals surface area contributed by atoms with E-state index >= 15 is 0 Å². The zero-order valence-corrected chi connectivity index (χ0v) is 31.6. The first-order valence-corrected chi connectivity index (χ1v) is 20.2. The van der Waals surface area contributed by atoms with Gasteiger partial charge in [0.1, 0.15) is 0 Å². The van der Waals surface area contributed by atoms with Gasteiger partial charge in [0.05, 0.1) is 0 Å². The lowest BCUT2D eigenvalue weighted by Crippen LogP contribution is -1.93. The summed E-state index contributed by atoms with van der Waals surface area (Å²) in [6, 6.07) is 77.5. The second-order valence-electron chi connectivity index (χ2n) is 16.0. The molecule has 0 spiro atoms. The van der Waals surface area contributed by atoms with E-state index < -0.39 is 0 Å². The maximum atomic E-state index is 2.47. The summed E-state index contributed by atoms with van der Waals surface area (Å²) in [5.41, 5.74) is 9.91. The van der Waals surface area contributed by atoms with Crippen molar-refractivity contribution in [2.24, 2.45) is 0 Å². The van der Waals surface area contributed by atoms with Gasteiger partial charge in [-0.15, -0.1) is 0 Å². The molecule has 13 aromatic carbocycles. The first-order chi connectivity index (χ1) is 28.7. The Labute approximate surface area is 335 Å². The van der Waals surface area contributed by atoms with Crippen molar-refractivity contribution in [1.82, 2.24) is 0 Å². The average Bonchev–Trinajstić information content (AvgIpc) is 3.29. The van der Waals surface area contributed by atoms with Gasteiger partial charge in [0, 0.05) is 0 Å². The number of hydrogen-bond donors (Lipinski definition) is 0. The molecule has 0 bridgehead atoms. The highest BCUT2D eigenvalue weighted by molar-refractivity contribution is 6.27. The zero-order chi connectivity index (χ0) is 37.9. The van der Waals surface area contributed by atoms with Crippen LogP contribution in [0.2, 0.25) is 0 Å². The highest BCUT2D eigenvalue weighted by atomic mass is 14.2. The van der Waals surface area contributed by atoms with Crippen LogP contribution in [0, 0.1) is 0 Å². The zero-order valence-electron chi connectivity index (χ0n) is 31.6. The van der Waals surface area contributed by atoms with Gasteiger partial charge in [-0.3, -0.25) is 0 Å². The van der Waals surface area contributed by atoms with Gasteiger partial charge in [-0.1, -0.05) is 188 Å².